The summed E-state index contributed by atoms with van der Waals surface area (Å²) in [6, 6.07) is 4.61. The number of sulfonamides is 1. The van der Waals surface area contributed by atoms with E-state index in [1.165, 1.54) is 0 Å². The van der Waals surface area contributed by atoms with Crippen molar-refractivity contribution >= 4 is 15.8 Å². The van der Waals surface area contributed by atoms with Crippen LogP contribution in [-0.4, -0.2) is 18.6 Å². The second-order valence-electron chi connectivity index (χ2n) is 4.18. The molecule has 104 valence electrons. The van der Waals surface area contributed by atoms with Crippen molar-refractivity contribution in [3.63, 3.8) is 0 Å². The van der Waals surface area contributed by atoms with Gasteiger partial charge in [0.05, 0.1) is 10.5 Å². The predicted octanol–water partition coefficient (Wildman–Crippen LogP) is 1.84. The van der Waals surface area contributed by atoms with Gasteiger partial charge in [-0.15, -0.1) is 0 Å². The molecule has 2 N–H and O–H groups in total. The van der Waals surface area contributed by atoms with Gasteiger partial charge in [-0.1, -0.05) is 0 Å². The Kier molecular flexibility index (Phi) is 3.46. The molecule has 6 nitrogen and oxygen atoms in total. The van der Waals surface area contributed by atoms with Crippen molar-refractivity contribution in [3.8, 4) is 6.07 Å². The molecule has 0 bridgehead atoms. The van der Waals surface area contributed by atoms with Gasteiger partial charge in [0.15, 0.2) is 5.82 Å². The van der Waals surface area contributed by atoms with Gasteiger partial charge in [0.25, 0.3) is 10.0 Å². The Morgan fingerprint density at radius 2 is 2.10 bits per heavy atom. The Labute approximate surface area is 115 Å². The maximum absolute atomic E-state index is 13.2. The number of aromatic amines is 1. The molecule has 1 heterocycles. The molecule has 0 amide bonds. The number of rotatable bonds is 3. The Balaban J connectivity index is 2.41. The molecule has 0 aliphatic rings. The summed E-state index contributed by atoms with van der Waals surface area (Å²) in [7, 11) is -3.92. The Morgan fingerprint density at radius 3 is 2.65 bits per heavy atom. The van der Waals surface area contributed by atoms with Gasteiger partial charge in [-0.25, -0.2) is 12.8 Å². The number of aromatic nitrogens is 2. The first-order valence-electron chi connectivity index (χ1n) is 5.59. The van der Waals surface area contributed by atoms with E-state index >= 15 is 0 Å². The van der Waals surface area contributed by atoms with Crippen molar-refractivity contribution in [2.24, 2.45) is 0 Å². The minimum atomic E-state index is -3.92. The third-order valence-corrected chi connectivity index (χ3v) is 4.19. The summed E-state index contributed by atoms with van der Waals surface area (Å²) in [5.74, 6) is -0.594. The number of hydrogen-bond donors (Lipinski definition) is 2. The van der Waals surface area contributed by atoms with Crippen LogP contribution in [0.5, 0.6) is 0 Å². The van der Waals surface area contributed by atoms with Crippen LogP contribution in [0.2, 0.25) is 0 Å². The first-order chi connectivity index (χ1) is 9.35. The fourth-order valence-corrected chi connectivity index (χ4v) is 2.62. The molecule has 2 rings (SSSR count). The normalized spacial score (nSPS) is 11.1. The molecular formula is C12H11FN4O2S. The van der Waals surface area contributed by atoms with Crippen molar-refractivity contribution in [2.75, 3.05) is 4.72 Å². The van der Waals surface area contributed by atoms with Gasteiger partial charge in [-0.05, 0) is 32.0 Å². The van der Waals surface area contributed by atoms with Crippen LogP contribution in [0.25, 0.3) is 0 Å². The summed E-state index contributed by atoms with van der Waals surface area (Å²) >= 11 is 0. The molecule has 2 aromatic rings. The molecule has 0 unspecified atom stereocenters. The number of nitriles is 1. The van der Waals surface area contributed by atoms with Gasteiger partial charge in [-0.2, -0.15) is 10.4 Å². The minimum absolute atomic E-state index is 0.172. The van der Waals surface area contributed by atoms with E-state index in [4.69, 9.17) is 5.26 Å². The van der Waals surface area contributed by atoms with E-state index in [0.29, 0.717) is 5.56 Å². The fourth-order valence-electron chi connectivity index (χ4n) is 1.53. The summed E-state index contributed by atoms with van der Waals surface area (Å²) in [6.07, 6.45) is 0. The molecule has 0 fully saturated rings. The molecule has 20 heavy (non-hydrogen) atoms. The van der Waals surface area contributed by atoms with Crippen LogP contribution in [0.3, 0.4) is 0 Å². The first-order valence-corrected chi connectivity index (χ1v) is 7.07. The number of H-pyrrole nitrogens is 1. The van der Waals surface area contributed by atoms with Crippen molar-refractivity contribution < 1.29 is 12.8 Å². The number of nitrogens with zero attached hydrogens (tertiary/aromatic N) is 2. The number of hydrogen-bond acceptors (Lipinski definition) is 4. The van der Waals surface area contributed by atoms with E-state index in [1.54, 1.807) is 19.9 Å². The zero-order valence-corrected chi connectivity index (χ0v) is 11.5. The quantitative estimate of drug-likeness (QED) is 0.902. The van der Waals surface area contributed by atoms with E-state index in [9.17, 15) is 12.8 Å². The zero-order chi connectivity index (χ0) is 14.9. The van der Waals surface area contributed by atoms with Crippen LogP contribution in [0.1, 0.15) is 16.8 Å². The van der Waals surface area contributed by atoms with E-state index in [2.05, 4.69) is 14.9 Å². The van der Waals surface area contributed by atoms with E-state index < -0.39 is 15.8 Å². The fraction of sp³-hybridized carbons (Fsp3) is 0.167. The Bertz CT molecular complexity index is 805. The standard InChI is InChI=1S/C12H11FN4O2S/c1-7-8(2)15-16-12(7)17-20(18,19)10-3-4-11(13)9(5-10)6-14/h3-5H,1-2H3,(H2,15,16,17). The average Bonchev–Trinajstić information content (AvgIpc) is 2.70. The third-order valence-electron chi connectivity index (χ3n) is 2.85. The van der Waals surface area contributed by atoms with E-state index in [0.717, 1.165) is 23.9 Å². The topological polar surface area (TPSA) is 98.6 Å². The van der Waals surface area contributed by atoms with E-state index in [-0.39, 0.29) is 16.3 Å². The van der Waals surface area contributed by atoms with Crippen molar-refractivity contribution in [1.29, 1.82) is 5.26 Å². The highest BCUT2D eigenvalue weighted by atomic mass is 32.2. The molecule has 0 saturated heterocycles. The van der Waals surface area contributed by atoms with Gasteiger partial charge in [0.2, 0.25) is 0 Å². The second-order valence-corrected chi connectivity index (χ2v) is 5.86. The van der Waals surface area contributed by atoms with Crippen LogP contribution in [0.15, 0.2) is 23.1 Å². The van der Waals surface area contributed by atoms with Crippen LogP contribution < -0.4 is 4.72 Å². The highest BCUT2D eigenvalue weighted by molar-refractivity contribution is 7.92. The first kappa shape index (κ1) is 14.0. The summed E-state index contributed by atoms with van der Waals surface area (Å²) < 4.78 is 39.8. The van der Waals surface area contributed by atoms with Crippen molar-refractivity contribution in [3.05, 3.63) is 40.8 Å². The molecule has 0 aliphatic heterocycles. The molecular weight excluding hydrogens is 283 g/mol. The molecule has 1 aromatic carbocycles. The summed E-state index contributed by atoms with van der Waals surface area (Å²) in [6.45, 7) is 3.47. The van der Waals surface area contributed by atoms with Crippen LogP contribution >= 0.6 is 0 Å². The highest BCUT2D eigenvalue weighted by Crippen LogP contribution is 2.20. The SMILES string of the molecule is Cc1[nH]nc(NS(=O)(=O)c2ccc(F)c(C#N)c2)c1C. The van der Waals surface area contributed by atoms with Crippen molar-refractivity contribution in [2.45, 2.75) is 18.7 Å². The third kappa shape index (κ3) is 2.48. The van der Waals surface area contributed by atoms with Gasteiger partial charge in [0.1, 0.15) is 11.9 Å². The lowest BCUT2D eigenvalue weighted by Crippen LogP contribution is -2.14. The molecule has 0 spiro atoms. The molecule has 0 saturated carbocycles. The molecule has 0 aliphatic carbocycles. The molecule has 0 atom stereocenters. The largest absolute Gasteiger partial charge is 0.280 e. The smallest absolute Gasteiger partial charge is 0.263 e. The van der Waals surface area contributed by atoms with Crippen LogP contribution in [-0.2, 0) is 10.0 Å². The number of nitrogens with one attached hydrogen (secondary N) is 2. The monoisotopic (exact) mass is 294 g/mol. The van der Waals surface area contributed by atoms with E-state index in [1.807, 2.05) is 0 Å². The minimum Gasteiger partial charge on any atom is -0.280 e. The van der Waals surface area contributed by atoms with Gasteiger partial charge < -0.3 is 0 Å². The Morgan fingerprint density at radius 1 is 1.40 bits per heavy atom. The zero-order valence-electron chi connectivity index (χ0n) is 10.7. The van der Waals surface area contributed by atoms with Gasteiger partial charge in [-0.3, -0.25) is 9.82 Å². The molecule has 8 heteroatoms. The predicted molar refractivity (Wildman–Crippen MR) is 70.0 cm³/mol. The summed E-state index contributed by atoms with van der Waals surface area (Å²) in [5, 5.41) is 15.2. The lowest BCUT2D eigenvalue weighted by Gasteiger charge is -2.07. The number of aryl methyl sites for hydroxylation is 1. The second kappa shape index (κ2) is 4.94. The van der Waals surface area contributed by atoms with Gasteiger partial charge in [0, 0.05) is 11.3 Å². The van der Waals surface area contributed by atoms with Crippen LogP contribution in [0, 0.1) is 31.0 Å². The van der Waals surface area contributed by atoms with Crippen molar-refractivity contribution in [1.82, 2.24) is 10.2 Å². The van der Waals surface area contributed by atoms with Gasteiger partial charge >= 0.3 is 0 Å². The summed E-state index contributed by atoms with van der Waals surface area (Å²) in [4.78, 5) is -0.199. The summed E-state index contributed by atoms with van der Waals surface area (Å²) in [5.41, 5.74) is 1.07. The molecule has 1 aromatic heterocycles. The lowest BCUT2D eigenvalue weighted by atomic mass is 10.2. The number of benzene rings is 1. The maximum Gasteiger partial charge on any atom is 0.263 e. The average molecular weight is 294 g/mol. The maximum atomic E-state index is 13.2. The highest BCUT2D eigenvalue weighted by Gasteiger charge is 2.19. The number of halogens is 1. The van der Waals surface area contributed by atoms with Crippen LogP contribution in [0.4, 0.5) is 10.2 Å². The Hall–Kier alpha value is -2.40. The number of anilines is 1. The lowest BCUT2D eigenvalue weighted by molar-refractivity contribution is 0.599. The molecule has 0 radical (unpaired) electrons.